The van der Waals surface area contributed by atoms with Crippen molar-refractivity contribution in [1.29, 1.82) is 0 Å². The average molecular weight is 305 g/mol. The maximum atomic E-state index is 5.58. The standard InChI is InChI=1S/C15H17BrN2/c1-11-8-14(6-7-15(11)16)18-10-13-4-2-12(9-17)3-5-13/h2-8,18H,9-10,17H2,1H3. The van der Waals surface area contributed by atoms with Crippen LogP contribution in [0.1, 0.15) is 16.7 Å². The normalized spacial score (nSPS) is 10.4. The van der Waals surface area contributed by atoms with Crippen LogP contribution in [0.2, 0.25) is 0 Å². The number of aryl methyl sites for hydroxylation is 1. The second-order valence-electron chi connectivity index (χ2n) is 4.34. The predicted octanol–water partition coefficient (Wildman–Crippen LogP) is 3.83. The summed E-state index contributed by atoms with van der Waals surface area (Å²) in [5.74, 6) is 0. The van der Waals surface area contributed by atoms with Gasteiger partial charge in [0.1, 0.15) is 0 Å². The maximum absolute atomic E-state index is 5.58. The molecule has 0 aliphatic carbocycles. The monoisotopic (exact) mass is 304 g/mol. The molecule has 0 bridgehead atoms. The number of rotatable bonds is 4. The summed E-state index contributed by atoms with van der Waals surface area (Å²) in [6.45, 7) is 3.51. The first-order valence-corrected chi connectivity index (χ1v) is 6.76. The van der Waals surface area contributed by atoms with E-state index in [1.807, 2.05) is 0 Å². The van der Waals surface area contributed by atoms with Crippen LogP contribution in [-0.4, -0.2) is 0 Å². The molecule has 0 fully saturated rings. The summed E-state index contributed by atoms with van der Waals surface area (Å²) in [5.41, 5.74) is 10.4. The molecule has 18 heavy (non-hydrogen) atoms. The molecule has 2 rings (SSSR count). The van der Waals surface area contributed by atoms with E-state index in [2.05, 4.69) is 70.6 Å². The molecule has 0 unspecified atom stereocenters. The Hall–Kier alpha value is -1.32. The summed E-state index contributed by atoms with van der Waals surface area (Å²) in [6, 6.07) is 14.6. The Morgan fingerprint density at radius 3 is 2.33 bits per heavy atom. The van der Waals surface area contributed by atoms with Crippen molar-refractivity contribution in [3.05, 3.63) is 63.6 Å². The van der Waals surface area contributed by atoms with Gasteiger partial charge in [-0.1, -0.05) is 40.2 Å². The summed E-state index contributed by atoms with van der Waals surface area (Å²) in [4.78, 5) is 0. The van der Waals surface area contributed by atoms with E-state index in [0.717, 1.165) is 16.7 Å². The Morgan fingerprint density at radius 2 is 1.72 bits per heavy atom. The summed E-state index contributed by atoms with van der Waals surface area (Å²) in [7, 11) is 0. The minimum atomic E-state index is 0.597. The molecule has 0 atom stereocenters. The zero-order valence-electron chi connectivity index (χ0n) is 10.4. The highest BCUT2D eigenvalue weighted by atomic mass is 79.9. The molecule has 2 aromatic rings. The number of hydrogen-bond acceptors (Lipinski definition) is 2. The van der Waals surface area contributed by atoms with Crippen molar-refractivity contribution in [3.8, 4) is 0 Å². The molecular formula is C15H17BrN2. The van der Waals surface area contributed by atoms with Gasteiger partial charge in [0.25, 0.3) is 0 Å². The first-order chi connectivity index (χ1) is 8.69. The minimum absolute atomic E-state index is 0.597. The molecule has 3 heteroatoms. The number of anilines is 1. The predicted molar refractivity (Wildman–Crippen MR) is 80.5 cm³/mol. The molecule has 0 spiro atoms. The lowest BCUT2D eigenvalue weighted by Gasteiger charge is -2.08. The van der Waals surface area contributed by atoms with Gasteiger partial charge in [-0.3, -0.25) is 0 Å². The minimum Gasteiger partial charge on any atom is -0.381 e. The number of benzene rings is 2. The molecule has 2 aromatic carbocycles. The van der Waals surface area contributed by atoms with Gasteiger partial charge in [0.2, 0.25) is 0 Å². The Kier molecular flexibility index (Phi) is 4.39. The lowest BCUT2D eigenvalue weighted by molar-refractivity contribution is 1.06. The summed E-state index contributed by atoms with van der Waals surface area (Å²) in [5, 5.41) is 3.41. The lowest BCUT2D eigenvalue weighted by atomic mass is 10.1. The third kappa shape index (κ3) is 3.34. The quantitative estimate of drug-likeness (QED) is 0.901. The van der Waals surface area contributed by atoms with Gasteiger partial charge in [-0.25, -0.2) is 0 Å². The zero-order valence-corrected chi connectivity index (χ0v) is 12.0. The first kappa shape index (κ1) is 13.1. The fourth-order valence-corrected chi connectivity index (χ4v) is 2.00. The largest absolute Gasteiger partial charge is 0.381 e. The molecular weight excluding hydrogens is 288 g/mol. The molecule has 2 nitrogen and oxygen atoms in total. The van der Waals surface area contributed by atoms with Crippen LogP contribution in [0.15, 0.2) is 46.9 Å². The van der Waals surface area contributed by atoms with E-state index >= 15 is 0 Å². The van der Waals surface area contributed by atoms with Crippen molar-refractivity contribution >= 4 is 21.6 Å². The summed E-state index contributed by atoms with van der Waals surface area (Å²) < 4.78 is 1.14. The van der Waals surface area contributed by atoms with Crippen molar-refractivity contribution < 1.29 is 0 Å². The van der Waals surface area contributed by atoms with Gasteiger partial charge < -0.3 is 11.1 Å². The van der Waals surface area contributed by atoms with E-state index in [1.165, 1.54) is 16.7 Å². The van der Waals surface area contributed by atoms with Gasteiger partial charge in [0.05, 0.1) is 0 Å². The molecule has 0 heterocycles. The van der Waals surface area contributed by atoms with E-state index < -0.39 is 0 Å². The Bertz CT molecular complexity index is 521. The fraction of sp³-hybridized carbons (Fsp3) is 0.200. The second-order valence-corrected chi connectivity index (χ2v) is 5.19. The molecule has 0 radical (unpaired) electrons. The van der Waals surface area contributed by atoms with Crippen LogP contribution in [-0.2, 0) is 13.1 Å². The van der Waals surface area contributed by atoms with E-state index in [0.29, 0.717) is 6.54 Å². The molecule has 3 N–H and O–H groups in total. The van der Waals surface area contributed by atoms with Crippen molar-refractivity contribution in [1.82, 2.24) is 0 Å². The van der Waals surface area contributed by atoms with E-state index in [4.69, 9.17) is 5.73 Å². The van der Waals surface area contributed by atoms with Gasteiger partial charge >= 0.3 is 0 Å². The molecule has 94 valence electrons. The number of nitrogens with two attached hydrogens (primary N) is 1. The Labute approximate surface area is 116 Å². The fourth-order valence-electron chi connectivity index (χ4n) is 1.75. The van der Waals surface area contributed by atoms with E-state index in [1.54, 1.807) is 0 Å². The highest BCUT2D eigenvalue weighted by Crippen LogP contribution is 2.20. The third-order valence-electron chi connectivity index (χ3n) is 2.91. The van der Waals surface area contributed by atoms with Crippen LogP contribution in [0.25, 0.3) is 0 Å². The topological polar surface area (TPSA) is 38.0 Å². The first-order valence-electron chi connectivity index (χ1n) is 5.97. The van der Waals surface area contributed by atoms with Crippen LogP contribution in [0.5, 0.6) is 0 Å². The average Bonchev–Trinajstić information content (AvgIpc) is 2.41. The van der Waals surface area contributed by atoms with Crippen molar-refractivity contribution in [2.24, 2.45) is 5.73 Å². The van der Waals surface area contributed by atoms with Crippen LogP contribution in [0.3, 0.4) is 0 Å². The molecule has 0 saturated heterocycles. The van der Waals surface area contributed by atoms with Crippen molar-refractivity contribution in [2.75, 3.05) is 5.32 Å². The van der Waals surface area contributed by atoms with Gasteiger partial charge in [0, 0.05) is 23.2 Å². The number of nitrogens with one attached hydrogen (secondary N) is 1. The van der Waals surface area contributed by atoms with Gasteiger partial charge in [-0.15, -0.1) is 0 Å². The van der Waals surface area contributed by atoms with Crippen LogP contribution >= 0.6 is 15.9 Å². The van der Waals surface area contributed by atoms with Crippen LogP contribution in [0, 0.1) is 6.92 Å². The van der Waals surface area contributed by atoms with Gasteiger partial charge in [0.15, 0.2) is 0 Å². The Balaban J connectivity index is 1.99. The van der Waals surface area contributed by atoms with Crippen LogP contribution in [0.4, 0.5) is 5.69 Å². The number of halogens is 1. The molecule has 0 aliphatic rings. The van der Waals surface area contributed by atoms with E-state index in [9.17, 15) is 0 Å². The second kappa shape index (κ2) is 6.03. The summed E-state index contributed by atoms with van der Waals surface area (Å²) >= 11 is 3.50. The van der Waals surface area contributed by atoms with Crippen molar-refractivity contribution in [2.45, 2.75) is 20.0 Å². The maximum Gasteiger partial charge on any atom is 0.0400 e. The molecule has 0 saturated carbocycles. The van der Waals surface area contributed by atoms with Crippen LogP contribution < -0.4 is 11.1 Å². The number of hydrogen-bond donors (Lipinski definition) is 2. The smallest absolute Gasteiger partial charge is 0.0400 e. The van der Waals surface area contributed by atoms with E-state index in [-0.39, 0.29) is 0 Å². The summed E-state index contributed by atoms with van der Waals surface area (Å²) in [6.07, 6.45) is 0. The van der Waals surface area contributed by atoms with Crippen molar-refractivity contribution in [3.63, 3.8) is 0 Å². The third-order valence-corrected chi connectivity index (χ3v) is 3.80. The highest BCUT2D eigenvalue weighted by Gasteiger charge is 1.98. The molecule has 0 aromatic heterocycles. The zero-order chi connectivity index (χ0) is 13.0. The SMILES string of the molecule is Cc1cc(NCc2ccc(CN)cc2)ccc1Br. The lowest BCUT2D eigenvalue weighted by Crippen LogP contribution is -2.01. The van der Waals surface area contributed by atoms with Gasteiger partial charge in [-0.2, -0.15) is 0 Å². The highest BCUT2D eigenvalue weighted by molar-refractivity contribution is 9.10. The molecule has 0 aliphatic heterocycles. The Morgan fingerprint density at radius 1 is 1.06 bits per heavy atom. The van der Waals surface area contributed by atoms with Gasteiger partial charge in [-0.05, 0) is 41.8 Å². The molecule has 0 amide bonds.